The number of benzene rings is 1. The molecule has 21 heavy (non-hydrogen) atoms. The van der Waals surface area contributed by atoms with Gasteiger partial charge in [0.1, 0.15) is 12.1 Å². The normalized spacial score (nSPS) is 16.9. The zero-order chi connectivity index (χ0) is 14.8. The standard InChI is InChI=1S/C15H17F2N3S/c1-21-11-2-3-13-12(8-11)15(19-9-18-13)20-6-4-10(5-7-20)14(16)17/h2-3,8-10,14H,4-7H2,1H3. The minimum Gasteiger partial charge on any atom is -0.356 e. The average Bonchev–Trinajstić information content (AvgIpc) is 2.54. The zero-order valence-electron chi connectivity index (χ0n) is 11.8. The van der Waals surface area contributed by atoms with Crippen LogP contribution in [0.1, 0.15) is 12.8 Å². The molecule has 0 N–H and O–H groups in total. The Morgan fingerprint density at radius 3 is 2.67 bits per heavy atom. The van der Waals surface area contributed by atoms with Crippen LogP contribution in [0, 0.1) is 5.92 Å². The van der Waals surface area contributed by atoms with Crippen molar-refractivity contribution in [3.05, 3.63) is 24.5 Å². The molecule has 1 aliphatic rings. The third kappa shape index (κ3) is 2.95. The van der Waals surface area contributed by atoms with Crippen LogP contribution in [0.15, 0.2) is 29.4 Å². The number of anilines is 1. The lowest BCUT2D eigenvalue weighted by molar-refractivity contribution is 0.0635. The molecule has 112 valence electrons. The van der Waals surface area contributed by atoms with Crippen LogP contribution >= 0.6 is 11.8 Å². The molecule has 0 bridgehead atoms. The topological polar surface area (TPSA) is 29.0 Å². The SMILES string of the molecule is CSc1ccc2ncnc(N3CCC(C(F)F)CC3)c2c1. The number of nitrogens with zero attached hydrogens (tertiary/aromatic N) is 3. The summed E-state index contributed by atoms with van der Waals surface area (Å²) in [7, 11) is 0. The van der Waals surface area contributed by atoms with Crippen LogP contribution in [0.5, 0.6) is 0 Å². The largest absolute Gasteiger partial charge is 0.356 e. The fourth-order valence-electron chi connectivity index (χ4n) is 2.76. The van der Waals surface area contributed by atoms with E-state index in [0.29, 0.717) is 25.9 Å². The van der Waals surface area contributed by atoms with Crippen LogP contribution < -0.4 is 4.90 Å². The quantitative estimate of drug-likeness (QED) is 0.806. The molecule has 0 amide bonds. The van der Waals surface area contributed by atoms with Crippen LogP contribution in [0.2, 0.25) is 0 Å². The summed E-state index contributed by atoms with van der Waals surface area (Å²) in [5.74, 6) is 0.389. The van der Waals surface area contributed by atoms with E-state index in [1.165, 1.54) is 0 Å². The number of halogens is 2. The molecule has 6 heteroatoms. The van der Waals surface area contributed by atoms with Crippen LogP contribution in [-0.2, 0) is 0 Å². The first kappa shape index (κ1) is 14.5. The number of aromatic nitrogens is 2. The van der Waals surface area contributed by atoms with E-state index in [0.717, 1.165) is 21.6 Å². The van der Waals surface area contributed by atoms with E-state index in [1.54, 1.807) is 18.1 Å². The van der Waals surface area contributed by atoms with Gasteiger partial charge in [0.15, 0.2) is 0 Å². The van der Waals surface area contributed by atoms with Crippen molar-refractivity contribution < 1.29 is 8.78 Å². The van der Waals surface area contributed by atoms with E-state index < -0.39 is 12.3 Å². The molecule has 0 atom stereocenters. The Morgan fingerprint density at radius 1 is 1.24 bits per heavy atom. The third-order valence-electron chi connectivity index (χ3n) is 4.02. The van der Waals surface area contributed by atoms with Crippen LogP contribution in [-0.4, -0.2) is 35.7 Å². The number of rotatable bonds is 3. The molecule has 2 aromatic rings. The lowest BCUT2D eigenvalue weighted by Gasteiger charge is -2.32. The molecule has 0 spiro atoms. The van der Waals surface area contributed by atoms with Gasteiger partial charge in [-0.1, -0.05) is 0 Å². The van der Waals surface area contributed by atoms with Gasteiger partial charge in [0, 0.05) is 29.3 Å². The van der Waals surface area contributed by atoms with Gasteiger partial charge in [-0.2, -0.15) is 0 Å². The Kier molecular flexibility index (Phi) is 4.24. The van der Waals surface area contributed by atoms with Gasteiger partial charge in [0.05, 0.1) is 5.52 Å². The minimum absolute atomic E-state index is 0.476. The highest BCUT2D eigenvalue weighted by atomic mass is 32.2. The molecule has 0 radical (unpaired) electrons. The predicted molar refractivity (Wildman–Crippen MR) is 82.3 cm³/mol. The van der Waals surface area contributed by atoms with Gasteiger partial charge in [0.2, 0.25) is 6.43 Å². The summed E-state index contributed by atoms with van der Waals surface area (Å²) in [6.45, 7) is 1.26. The van der Waals surface area contributed by atoms with Crippen molar-refractivity contribution in [1.29, 1.82) is 0 Å². The van der Waals surface area contributed by atoms with E-state index in [1.807, 2.05) is 18.4 Å². The van der Waals surface area contributed by atoms with E-state index in [-0.39, 0.29) is 0 Å². The second-order valence-electron chi connectivity index (χ2n) is 5.24. The van der Waals surface area contributed by atoms with E-state index in [2.05, 4.69) is 20.9 Å². The molecule has 1 saturated heterocycles. The molecule has 1 fully saturated rings. The highest BCUT2D eigenvalue weighted by Gasteiger charge is 2.27. The third-order valence-corrected chi connectivity index (χ3v) is 4.74. The van der Waals surface area contributed by atoms with Gasteiger partial charge in [-0.3, -0.25) is 0 Å². The van der Waals surface area contributed by atoms with Gasteiger partial charge in [-0.15, -0.1) is 11.8 Å². The highest BCUT2D eigenvalue weighted by molar-refractivity contribution is 7.98. The lowest BCUT2D eigenvalue weighted by Crippen LogP contribution is -2.36. The maximum absolute atomic E-state index is 12.8. The van der Waals surface area contributed by atoms with Crippen molar-refractivity contribution in [3.63, 3.8) is 0 Å². The maximum Gasteiger partial charge on any atom is 0.241 e. The summed E-state index contributed by atoms with van der Waals surface area (Å²) >= 11 is 1.67. The monoisotopic (exact) mass is 309 g/mol. The summed E-state index contributed by atoms with van der Waals surface area (Å²) in [6.07, 6.45) is 2.41. The molecule has 3 rings (SSSR count). The molecule has 0 saturated carbocycles. The Balaban J connectivity index is 1.90. The molecule has 3 nitrogen and oxygen atoms in total. The molecule has 2 heterocycles. The number of thioether (sulfide) groups is 1. The molecule has 0 unspecified atom stereocenters. The van der Waals surface area contributed by atoms with Crippen LogP contribution in [0.25, 0.3) is 10.9 Å². The van der Waals surface area contributed by atoms with Crippen LogP contribution in [0.3, 0.4) is 0 Å². The summed E-state index contributed by atoms with van der Waals surface area (Å²) < 4.78 is 25.5. The van der Waals surface area contributed by atoms with Crippen molar-refractivity contribution in [2.24, 2.45) is 5.92 Å². The zero-order valence-corrected chi connectivity index (χ0v) is 12.6. The first-order valence-corrected chi connectivity index (χ1v) is 8.23. The number of piperidine rings is 1. The Hall–Kier alpha value is -1.43. The Bertz CT molecular complexity index is 627. The minimum atomic E-state index is -2.21. The van der Waals surface area contributed by atoms with E-state index >= 15 is 0 Å². The molecule has 0 aliphatic carbocycles. The van der Waals surface area contributed by atoms with Gasteiger partial charge < -0.3 is 4.90 Å². The summed E-state index contributed by atoms with van der Waals surface area (Å²) in [4.78, 5) is 11.9. The molecule has 1 aliphatic heterocycles. The number of hydrogen-bond acceptors (Lipinski definition) is 4. The van der Waals surface area contributed by atoms with Gasteiger partial charge >= 0.3 is 0 Å². The predicted octanol–water partition coefficient (Wildman–Crippen LogP) is 3.83. The smallest absolute Gasteiger partial charge is 0.241 e. The van der Waals surface area contributed by atoms with Gasteiger partial charge in [-0.05, 0) is 37.3 Å². The second-order valence-corrected chi connectivity index (χ2v) is 6.12. The van der Waals surface area contributed by atoms with Gasteiger partial charge in [0.25, 0.3) is 0 Å². The second kappa shape index (κ2) is 6.13. The van der Waals surface area contributed by atoms with E-state index in [9.17, 15) is 8.78 Å². The van der Waals surface area contributed by atoms with Gasteiger partial charge in [-0.25, -0.2) is 18.7 Å². The summed E-state index contributed by atoms with van der Waals surface area (Å²) in [5.41, 5.74) is 0.897. The average molecular weight is 309 g/mol. The number of alkyl halides is 2. The van der Waals surface area contributed by atoms with Crippen molar-refractivity contribution >= 4 is 28.5 Å². The maximum atomic E-state index is 12.8. The van der Waals surface area contributed by atoms with Crippen molar-refractivity contribution in [2.75, 3.05) is 24.2 Å². The Morgan fingerprint density at radius 2 is 2.00 bits per heavy atom. The summed E-state index contributed by atoms with van der Waals surface area (Å²) in [5, 5.41) is 1.000. The molecule has 1 aromatic heterocycles. The highest BCUT2D eigenvalue weighted by Crippen LogP contribution is 2.31. The van der Waals surface area contributed by atoms with Crippen molar-refractivity contribution in [1.82, 2.24) is 9.97 Å². The summed E-state index contributed by atoms with van der Waals surface area (Å²) in [6, 6.07) is 6.10. The molecular formula is C15H17F2N3S. The first-order valence-electron chi connectivity index (χ1n) is 7.01. The lowest BCUT2D eigenvalue weighted by atomic mass is 9.97. The fraction of sp³-hybridized carbons (Fsp3) is 0.467. The van der Waals surface area contributed by atoms with Crippen LogP contribution in [0.4, 0.5) is 14.6 Å². The number of hydrogen-bond donors (Lipinski definition) is 0. The first-order chi connectivity index (χ1) is 10.2. The molecular weight excluding hydrogens is 292 g/mol. The number of fused-ring (bicyclic) bond motifs is 1. The fourth-order valence-corrected chi connectivity index (χ4v) is 3.20. The molecule has 1 aromatic carbocycles. The van der Waals surface area contributed by atoms with Crippen molar-refractivity contribution in [2.45, 2.75) is 24.2 Å². The Labute approximate surface area is 126 Å². The van der Waals surface area contributed by atoms with E-state index in [4.69, 9.17) is 0 Å². The van der Waals surface area contributed by atoms with Crippen molar-refractivity contribution in [3.8, 4) is 0 Å².